The largest absolute Gasteiger partial charge is 0.480 e. The third-order valence-corrected chi connectivity index (χ3v) is 6.54. The number of nitrogens with zero attached hydrogens (tertiary/aromatic N) is 4. The number of carbonyl (C=O) groups is 2. The molecule has 0 radical (unpaired) electrons. The van der Waals surface area contributed by atoms with Crippen molar-refractivity contribution in [3.05, 3.63) is 44.7 Å². The van der Waals surface area contributed by atoms with Crippen LogP contribution in [0.15, 0.2) is 28.0 Å². The van der Waals surface area contributed by atoms with Crippen molar-refractivity contribution in [3.63, 3.8) is 0 Å². The third-order valence-electron chi connectivity index (χ3n) is 5.16. The molecule has 0 bridgehead atoms. The highest BCUT2D eigenvalue weighted by atomic mass is 32.2. The summed E-state index contributed by atoms with van der Waals surface area (Å²) in [6, 6.07) is 3.68. The molecule has 10 heteroatoms. The van der Waals surface area contributed by atoms with Crippen molar-refractivity contribution in [3.8, 4) is 0 Å². The van der Waals surface area contributed by atoms with E-state index in [0.717, 1.165) is 54.6 Å². The number of fused-ring (bicyclic) bond motifs is 1. The molecule has 0 spiro atoms. The predicted molar refractivity (Wildman–Crippen MR) is 120 cm³/mol. The summed E-state index contributed by atoms with van der Waals surface area (Å²) in [5.41, 5.74) is 1.51. The van der Waals surface area contributed by atoms with Crippen LogP contribution in [0.25, 0.3) is 11.7 Å². The van der Waals surface area contributed by atoms with Gasteiger partial charge in [-0.3, -0.25) is 23.7 Å². The Morgan fingerprint density at radius 1 is 1.30 bits per heavy atom. The Morgan fingerprint density at radius 2 is 2.03 bits per heavy atom. The molecule has 2 aromatic heterocycles. The van der Waals surface area contributed by atoms with Crippen LogP contribution in [0.5, 0.6) is 0 Å². The van der Waals surface area contributed by atoms with Crippen LogP contribution in [0.4, 0.5) is 5.82 Å². The van der Waals surface area contributed by atoms with Crippen molar-refractivity contribution in [1.29, 1.82) is 0 Å². The van der Waals surface area contributed by atoms with Crippen molar-refractivity contribution in [1.82, 2.24) is 14.3 Å². The minimum Gasteiger partial charge on any atom is -0.480 e. The first-order chi connectivity index (χ1) is 14.4. The van der Waals surface area contributed by atoms with Gasteiger partial charge in [-0.1, -0.05) is 30.0 Å². The fourth-order valence-corrected chi connectivity index (χ4v) is 4.91. The molecule has 0 unspecified atom stereocenters. The highest BCUT2D eigenvalue weighted by Crippen LogP contribution is 2.33. The quantitative estimate of drug-likeness (QED) is 0.567. The van der Waals surface area contributed by atoms with Crippen LogP contribution in [-0.2, 0) is 9.59 Å². The Kier molecular flexibility index (Phi) is 5.61. The van der Waals surface area contributed by atoms with Crippen LogP contribution in [0.2, 0.25) is 0 Å². The highest BCUT2D eigenvalue weighted by Gasteiger charge is 2.34. The topological polar surface area (TPSA) is 95.2 Å². The van der Waals surface area contributed by atoms with E-state index in [1.165, 1.54) is 10.5 Å². The predicted octanol–water partition coefficient (Wildman–Crippen LogP) is 2.28. The maximum atomic E-state index is 13.4. The SMILES string of the molecule is Cc1cccn2c(=O)c(/C=C3\SC(=S)N(CC(=O)O)C3=O)c(N3CCCCC3)nc12. The maximum absolute atomic E-state index is 13.4. The fourth-order valence-electron chi connectivity index (χ4n) is 3.68. The van der Waals surface area contributed by atoms with Crippen LogP contribution in [-0.4, -0.2) is 55.2 Å². The Balaban J connectivity index is 1.87. The lowest BCUT2D eigenvalue weighted by atomic mass is 10.1. The summed E-state index contributed by atoms with van der Waals surface area (Å²) in [5, 5.41) is 9.04. The molecule has 1 N–H and O–H groups in total. The number of carbonyl (C=O) groups excluding carboxylic acids is 1. The van der Waals surface area contributed by atoms with E-state index >= 15 is 0 Å². The molecule has 4 rings (SSSR count). The number of thioether (sulfide) groups is 1. The summed E-state index contributed by atoms with van der Waals surface area (Å²) in [6.45, 7) is 2.97. The number of aliphatic carboxylic acids is 1. The molecule has 1 amide bonds. The fraction of sp³-hybridized carbons (Fsp3) is 0.350. The molecule has 8 nitrogen and oxygen atoms in total. The van der Waals surface area contributed by atoms with Gasteiger partial charge in [0.05, 0.1) is 10.5 Å². The number of hydrogen-bond donors (Lipinski definition) is 1. The molecule has 156 valence electrons. The number of thiocarbonyl (C=S) groups is 1. The molecule has 0 aliphatic carbocycles. The minimum absolute atomic E-state index is 0.165. The molecule has 2 aliphatic heterocycles. The van der Waals surface area contributed by atoms with Crippen molar-refractivity contribution in [2.24, 2.45) is 0 Å². The second kappa shape index (κ2) is 8.19. The second-order valence-electron chi connectivity index (χ2n) is 7.25. The zero-order chi connectivity index (χ0) is 21.4. The van der Waals surface area contributed by atoms with Crippen LogP contribution < -0.4 is 10.5 Å². The smallest absolute Gasteiger partial charge is 0.323 e. The number of aryl methyl sites for hydroxylation is 1. The number of pyridine rings is 1. The van der Waals surface area contributed by atoms with Crippen molar-refractivity contribution < 1.29 is 14.7 Å². The molecule has 0 atom stereocenters. The summed E-state index contributed by atoms with van der Waals surface area (Å²) in [5.74, 6) is -1.10. The van der Waals surface area contributed by atoms with Gasteiger partial charge in [0.25, 0.3) is 11.5 Å². The lowest BCUT2D eigenvalue weighted by Gasteiger charge is -2.29. The number of amides is 1. The van der Waals surface area contributed by atoms with Gasteiger partial charge in [-0.15, -0.1) is 0 Å². The second-order valence-corrected chi connectivity index (χ2v) is 8.92. The first-order valence-electron chi connectivity index (χ1n) is 9.61. The zero-order valence-corrected chi connectivity index (χ0v) is 18.0. The molecular weight excluding hydrogens is 424 g/mol. The van der Waals surface area contributed by atoms with Gasteiger partial charge in [-0.25, -0.2) is 4.98 Å². The molecule has 4 heterocycles. The first kappa shape index (κ1) is 20.5. The normalized spacial score (nSPS) is 18.6. The van der Waals surface area contributed by atoms with Crippen LogP contribution in [0.1, 0.15) is 30.4 Å². The van der Waals surface area contributed by atoms with Gasteiger partial charge in [0.2, 0.25) is 0 Å². The number of hydrogen-bond acceptors (Lipinski definition) is 7. The van der Waals surface area contributed by atoms with E-state index in [0.29, 0.717) is 17.0 Å². The van der Waals surface area contributed by atoms with E-state index < -0.39 is 18.4 Å². The highest BCUT2D eigenvalue weighted by molar-refractivity contribution is 8.26. The summed E-state index contributed by atoms with van der Waals surface area (Å²) in [7, 11) is 0. The molecule has 0 aromatic carbocycles. The molecular formula is C20H20N4O4S2. The van der Waals surface area contributed by atoms with E-state index in [2.05, 4.69) is 4.90 Å². The van der Waals surface area contributed by atoms with Crippen LogP contribution in [0.3, 0.4) is 0 Å². The number of piperidine rings is 1. The standard InChI is InChI=1S/C20H20N4O4S2/c1-12-6-5-9-23-16(12)21-17(22-7-3-2-4-8-22)13(18(23)27)10-14-19(28)24(11-15(25)26)20(29)30-14/h5-6,9-10H,2-4,7-8,11H2,1H3,(H,25,26)/b14-10-. The lowest BCUT2D eigenvalue weighted by molar-refractivity contribution is -0.140. The van der Waals surface area contributed by atoms with Crippen molar-refractivity contribution in [2.75, 3.05) is 24.5 Å². The van der Waals surface area contributed by atoms with Gasteiger partial charge in [-0.2, -0.15) is 0 Å². The maximum Gasteiger partial charge on any atom is 0.323 e. The third kappa shape index (κ3) is 3.72. The molecule has 2 saturated heterocycles. The van der Waals surface area contributed by atoms with Crippen LogP contribution in [0, 0.1) is 6.92 Å². The summed E-state index contributed by atoms with van der Waals surface area (Å²) < 4.78 is 1.64. The van der Waals surface area contributed by atoms with Gasteiger partial charge in [0.15, 0.2) is 0 Å². The Bertz CT molecular complexity index is 1150. The Hall–Kier alpha value is -2.72. The Morgan fingerprint density at radius 3 is 2.73 bits per heavy atom. The van der Waals surface area contributed by atoms with E-state index in [-0.39, 0.29) is 14.8 Å². The zero-order valence-electron chi connectivity index (χ0n) is 16.3. The van der Waals surface area contributed by atoms with Gasteiger partial charge in [0.1, 0.15) is 22.3 Å². The summed E-state index contributed by atoms with van der Waals surface area (Å²) in [4.78, 5) is 45.3. The molecule has 2 fully saturated rings. The van der Waals surface area contributed by atoms with Crippen molar-refractivity contribution >= 4 is 57.7 Å². The lowest BCUT2D eigenvalue weighted by Crippen LogP contribution is -2.34. The van der Waals surface area contributed by atoms with E-state index in [1.807, 2.05) is 13.0 Å². The molecule has 0 saturated carbocycles. The number of aromatic nitrogens is 2. The molecule has 2 aliphatic rings. The van der Waals surface area contributed by atoms with E-state index in [1.54, 1.807) is 12.3 Å². The Labute approximate surface area is 182 Å². The number of rotatable bonds is 4. The van der Waals surface area contributed by atoms with Gasteiger partial charge in [-0.05, 0) is 43.9 Å². The molecule has 30 heavy (non-hydrogen) atoms. The van der Waals surface area contributed by atoms with Crippen molar-refractivity contribution in [2.45, 2.75) is 26.2 Å². The number of carboxylic acids is 1. The van der Waals surface area contributed by atoms with E-state index in [9.17, 15) is 14.4 Å². The first-order valence-corrected chi connectivity index (χ1v) is 10.8. The minimum atomic E-state index is -1.15. The van der Waals surface area contributed by atoms with Crippen LogP contribution >= 0.6 is 24.0 Å². The summed E-state index contributed by atoms with van der Waals surface area (Å²) >= 11 is 6.17. The number of anilines is 1. The summed E-state index contributed by atoms with van der Waals surface area (Å²) in [6.07, 6.45) is 6.31. The monoisotopic (exact) mass is 444 g/mol. The van der Waals surface area contributed by atoms with E-state index in [4.69, 9.17) is 22.3 Å². The van der Waals surface area contributed by atoms with Gasteiger partial charge >= 0.3 is 5.97 Å². The average molecular weight is 445 g/mol. The van der Waals surface area contributed by atoms with Gasteiger partial charge < -0.3 is 10.0 Å². The molecule has 2 aromatic rings. The average Bonchev–Trinajstić information content (AvgIpc) is 2.98. The van der Waals surface area contributed by atoms with Gasteiger partial charge in [0, 0.05) is 19.3 Å². The number of carboxylic acid groups (broad SMARTS) is 1.